The smallest absolute Gasteiger partial charge is 0.310 e. The van der Waals surface area contributed by atoms with Crippen LogP contribution < -0.4 is 5.32 Å². The standard InChI is InChI=1S/C11H13F3INS/c12-11(13,14)4-5-16-8-2-1-3-9-7(8)6-10(15)17-9/h6,8,16H,1-5H2. The molecule has 0 fully saturated rings. The van der Waals surface area contributed by atoms with E-state index in [-0.39, 0.29) is 12.6 Å². The highest BCUT2D eigenvalue weighted by molar-refractivity contribution is 14.1. The molecule has 96 valence electrons. The van der Waals surface area contributed by atoms with Gasteiger partial charge in [-0.25, -0.2) is 0 Å². The first-order valence-electron chi connectivity index (χ1n) is 5.54. The molecule has 0 amide bonds. The summed E-state index contributed by atoms with van der Waals surface area (Å²) in [6, 6.07) is 2.21. The average Bonchev–Trinajstić information content (AvgIpc) is 2.57. The van der Waals surface area contributed by atoms with E-state index in [1.54, 1.807) is 11.3 Å². The lowest BCUT2D eigenvalue weighted by Gasteiger charge is -2.24. The fraction of sp³-hybridized carbons (Fsp3) is 0.636. The van der Waals surface area contributed by atoms with Gasteiger partial charge in [-0.3, -0.25) is 0 Å². The molecule has 17 heavy (non-hydrogen) atoms. The summed E-state index contributed by atoms with van der Waals surface area (Å²) in [7, 11) is 0. The van der Waals surface area contributed by atoms with Gasteiger partial charge in [0.15, 0.2) is 0 Å². The van der Waals surface area contributed by atoms with Crippen LogP contribution in [0.25, 0.3) is 0 Å². The second kappa shape index (κ2) is 5.44. The van der Waals surface area contributed by atoms with Crippen molar-refractivity contribution < 1.29 is 13.2 Å². The lowest BCUT2D eigenvalue weighted by atomic mass is 9.94. The van der Waals surface area contributed by atoms with Gasteiger partial charge in [0.25, 0.3) is 0 Å². The Morgan fingerprint density at radius 3 is 2.94 bits per heavy atom. The molecule has 0 bridgehead atoms. The van der Waals surface area contributed by atoms with Crippen LogP contribution in [0.1, 0.15) is 35.7 Å². The summed E-state index contributed by atoms with van der Waals surface area (Å²) in [5.74, 6) is 0. The molecular formula is C11H13F3INS. The topological polar surface area (TPSA) is 12.0 Å². The van der Waals surface area contributed by atoms with Crippen molar-refractivity contribution in [2.24, 2.45) is 0 Å². The molecule has 0 saturated heterocycles. The van der Waals surface area contributed by atoms with E-state index < -0.39 is 12.6 Å². The fourth-order valence-electron chi connectivity index (χ4n) is 2.12. The zero-order valence-corrected chi connectivity index (χ0v) is 12.1. The van der Waals surface area contributed by atoms with Crippen molar-refractivity contribution in [2.45, 2.75) is 37.9 Å². The van der Waals surface area contributed by atoms with E-state index in [0.717, 1.165) is 19.3 Å². The van der Waals surface area contributed by atoms with Crippen molar-refractivity contribution in [3.63, 3.8) is 0 Å². The molecule has 1 nitrogen and oxygen atoms in total. The third-order valence-corrected chi connectivity index (χ3v) is 4.85. The van der Waals surface area contributed by atoms with Crippen LogP contribution in [0.5, 0.6) is 0 Å². The Labute approximate surface area is 116 Å². The largest absolute Gasteiger partial charge is 0.390 e. The van der Waals surface area contributed by atoms with Crippen LogP contribution in [0.4, 0.5) is 13.2 Å². The maximum atomic E-state index is 12.1. The Morgan fingerprint density at radius 2 is 2.24 bits per heavy atom. The molecule has 2 rings (SSSR count). The van der Waals surface area contributed by atoms with E-state index in [9.17, 15) is 13.2 Å². The molecule has 1 heterocycles. The number of halogens is 4. The first-order valence-corrected chi connectivity index (χ1v) is 7.43. The summed E-state index contributed by atoms with van der Waals surface area (Å²) in [5, 5.41) is 3.03. The summed E-state index contributed by atoms with van der Waals surface area (Å²) >= 11 is 4.03. The predicted octanol–water partition coefficient (Wildman–Crippen LogP) is 4.27. The molecule has 1 aromatic rings. The molecule has 1 aromatic heterocycles. The summed E-state index contributed by atoms with van der Waals surface area (Å²) in [4.78, 5) is 1.34. The van der Waals surface area contributed by atoms with Crippen LogP contribution >= 0.6 is 33.9 Å². The van der Waals surface area contributed by atoms with E-state index >= 15 is 0 Å². The second-order valence-corrected chi connectivity index (χ2v) is 7.22. The van der Waals surface area contributed by atoms with E-state index in [2.05, 4.69) is 34.0 Å². The van der Waals surface area contributed by atoms with Gasteiger partial charge in [0.05, 0.1) is 9.30 Å². The van der Waals surface area contributed by atoms with E-state index in [1.807, 2.05) is 0 Å². The Kier molecular flexibility index (Phi) is 4.35. The monoisotopic (exact) mass is 375 g/mol. The highest BCUT2D eigenvalue weighted by atomic mass is 127. The van der Waals surface area contributed by atoms with Crippen molar-refractivity contribution in [1.29, 1.82) is 0 Å². The Hall–Kier alpha value is 0.180. The van der Waals surface area contributed by atoms with E-state index in [0.29, 0.717) is 0 Å². The lowest BCUT2D eigenvalue weighted by Crippen LogP contribution is -2.28. The molecule has 1 atom stereocenters. The van der Waals surface area contributed by atoms with Crippen molar-refractivity contribution in [3.05, 3.63) is 19.4 Å². The number of nitrogens with one attached hydrogen (secondary N) is 1. The van der Waals surface area contributed by atoms with Crippen LogP contribution in [-0.4, -0.2) is 12.7 Å². The molecular weight excluding hydrogens is 362 g/mol. The average molecular weight is 375 g/mol. The first kappa shape index (κ1) is 13.6. The first-order chi connectivity index (χ1) is 7.96. The number of fused-ring (bicyclic) bond motifs is 1. The summed E-state index contributed by atoms with van der Waals surface area (Å²) in [5.41, 5.74) is 1.22. The second-order valence-electron chi connectivity index (χ2n) is 4.19. The van der Waals surface area contributed by atoms with E-state index in [1.165, 1.54) is 13.3 Å². The van der Waals surface area contributed by atoms with Gasteiger partial charge in [-0.05, 0) is 53.5 Å². The van der Waals surface area contributed by atoms with Gasteiger partial charge in [0, 0.05) is 17.5 Å². The molecule has 1 aliphatic carbocycles. The third kappa shape index (κ3) is 3.82. The molecule has 0 aliphatic heterocycles. The number of rotatable bonds is 3. The summed E-state index contributed by atoms with van der Waals surface area (Å²) in [6.07, 6.45) is -1.74. The van der Waals surface area contributed by atoms with Crippen molar-refractivity contribution >= 4 is 33.9 Å². The Morgan fingerprint density at radius 1 is 1.47 bits per heavy atom. The molecule has 0 radical (unpaired) electrons. The van der Waals surface area contributed by atoms with Gasteiger partial charge in [0.2, 0.25) is 0 Å². The highest BCUT2D eigenvalue weighted by Gasteiger charge is 2.28. The van der Waals surface area contributed by atoms with Gasteiger partial charge >= 0.3 is 6.18 Å². The number of thiophene rings is 1. The number of aryl methyl sites for hydroxylation is 1. The lowest BCUT2D eigenvalue weighted by molar-refractivity contribution is -0.133. The normalized spacial score (nSPS) is 20.4. The number of hydrogen-bond acceptors (Lipinski definition) is 2. The molecule has 6 heteroatoms. The van der Waals surface area contributed by atoms with Crippen LogP contribution in [0.15, 0.2) is 6.07 Å². The number of alkyl halides is 3. The molecule has 0 saturated carbocycles. The van der Waals surface area contributed by atoms with E-state index in [4.69, 9.17) is 0 Å². The van der Waals surface area contributed by atoms with Crippen molar-refractivity contribution in [1.82, 2.24) is 5.32 Å². The minimum atomic E-state index is -4.06. The van der Waals surface area contributed by atoms with Crippen LogP contribution in [0, 0.1) is 2.88 Å². The summed E-state index contributed by atoms with van der Waals surface area (Å²) < 4.78 is 37.4. The minimum Gasteiger partial charge on any atom is -0.310 e. The van der Waals surface area contributed by atoms with Crippen LogP contribution in [0.3, 0.4) is 0 Å². The van der Waals surface area contributed by atoms with Crippen molar-refractivity contribution in [2.75, 3.05) is 6.54 Å². The van der Waals surface area contributed by atoms with Crippen LogP contribution in [0.2, 0.25) is 0 Å². The number of hydrogen-bond donors (Lipinski definition) is 1. The predicted molar refractivity (Wildman–Crippen MR) is 71.4 cm³/mol. The SMILES string of the molecule is FC(F)(F)CCNC1CCCc2sc(I)cc21. The van der Waals surface area contributed by atoms with Gasteiger partial charge in [-0.15, -0.1) is 11.3 Å². The van der Waals surface area contributed by atoms with Crippen LogP contribution in [-0.2, 0) is 6.42 Å². The van der Waals surface area contributed by atoms with Gasteiger partial charge < -0.3 is 5.32 Å². The Balaban J connectivity index is 1.94. The maximum absolute atomic E-state index is 12.1. The third-order valence-electron chi connectivity index (χ3n) is 2.88. The molecule has 0 aromatic carbocycles. The fourth-order valence-corrected chi connectivity index (χ4v) is 4.24. The molecule has 1 aliphatic rings. The zero-order valence-electron chi connectivity index (χ0n) is 9.11. The minimum absolute atomic E-state index is 0.0139. The van der Waals surface area contributed by atoms with Gasteiger partial charge in [-0.1, -0.05) is 0 Å². The quantitative estimate of drug-likeness (QED) is 0.779. The zero-order chi connectivity index (χ0) is 12.5. The van der Waals surface area contributed by atoms with Crippen molar-refractivity contribution in [3.8, 4) is 0 Å². The maximum Gasteiger partial charge on any atom is 0.390 e. The van der Waals surface area contributed by atoms with Gasteiger partial charge in [0.1, 0.15) is 0 Å². The molecule has 1 N–H and O–H groups in total. The Bertz CT molecular complexity index is 389. The summed E-state index contributed by atoms with van der Waals surface area (Å²) in [6.45, 7) is 0.0139. The van der Waals surface area contributed by atoms with Gasteiger partial charge in [-0.2, -0.15) is 13.2 Å². The molecule has 0 spiro atoms. The highest BCUT2D eigenvalue weighted by Crippen LogP contribution is 2.36. The molecule has 1 unspecified atom stereocenters.